The number of pyridine rings is 1. The lowest BCUT2D eigenvalue weighted by Crippen LogP contribution is -2.36. The Kier molecular flexibility index (Phi) is 3.76. The molecule has 3 rings (SSSR count). The zero-order valence-corrected chi connectivity index (χ0v) is 11.9. The summed E-state index contributed by atoms with van der Waals surface area (Å²) in [5.41, 5.74) is -1.97. The fourth-order valence-corrected chi connectivity index (χ4v) is 2.54. The Hall–Kier alpha value is -2.14. The Labute approximate surface area is 127 Å². The van der Waals surface area contributed by atoms with Crippen LogP contribution in [0.2, 0.25) is 0 Å². The van der Waals surface area contributed by atoms with Crippen molar-refractivity contribution in [1.29, 1.82) is 0 Å². The maximum atomic E-state index is 13.7. The number of aromatic amines is 1. The maximum Gasteiger partial charge on any atom is 0.351 e. The molecule has 0 radical (unpaired) electrons. The van der Waals surface area contributed by atoms with Crippen LogP contribution in [0, 0.1) is 12.7 Å². The van der Waals surface area contributed by atoms with Crippen molar-refractivity contribution in [3.63, 3.8) is 0 Å². The Balaban J connectivity index is 2.18. The van der Waals surface area contributed by atoms with Gasteiger partial charge in [-0.15, -0.1) is 0 Å². The highest BCUT2D eigenvalue weighted by Crippen LogP contribution is 2.28. The topological polar surface area (TPSA) is 138 Å². The lowest BCUT2D eigenvalue weighted by Gasteiger charge is -2.17. The second-order valence-corrected chi connectivity index (χ2v) is 5.31. The molecule has 4 N–H and O–H groups in total. The molecule has 0 aliphatic carbocycles. The number of aliphatic hydroxyl groups is 3. The van der Waals surface area contributed by atoms with Gasteiger partial charge < -0.3 is 25.0 Å². The molecule has 2 aromatic rings. The minimum atomic E-state index is -1.52. The predicted octanol–water partition coefficient (Wildman–Crippen LogP) is -1.86. The van der Waals surface area contributed by atoms with Crippen molar-refractivity contribution in [1.82, 2.24) is 14.5 Å². The zero-order chi connectivity index (χ0) is 16.9. The highest BCUT2D eigenvalue weighted by Gasteiger charge is 2.43. The van der Waals surface area contributed by atoms with E-state index in [-0.39, 0.29) is 16.7 Å². The summed E-state index contributed by atoms with van der Waals surface area (Å²) in [7, 11) is 0. The molecule has 23 heavy (non-hydrogen) atoms. The van der Waals surface area contributed by atoms with E-state index in [1.807, 2.05) is 0 Å². The lowest BCUT2D eigenvalue weighted by molar-refractivity contribution is -0.0547. The fraction of sp³-hybridized carbons (Fsp3) is 0.462. The lowest BCUT2D eigenvalue weighted by atomic mass is 10.1. The molecule has 0 saturated carbocycles. The summed E-state index contributed by atoms with van der Waals surface area (Å²) in [5, 5.41) is 28.5. The molecular weight excluding hydrogens is 313 g/mol. The van der Waals surface area contributed by atoms with Gasteiger partial charge in [0.25, 0.3) is 0 Å². The van der Waals surface area contributed by atoms with Crippen LogP contribution in [-0.4, -0.2) is 54.8 Å². The normalized spacial score (nSPS) is 27.7. The van der Waals surface area contributed by atoms with Crippen LogP contribution < -0.4 is 11.1 Å². The van der Waals surface area contributed by atoms with E-state index in [9.17, 15) is 24.2 Å². The van der Waals surface area contributed by atoms with Crippen LogP contribution in [0.15, 0.2) is 15.8 Å². The van der Waals surface area contributed by atoms with E-state index in [0.717, 1.165) is 10.8 Å². The van der Waals surface area contributed by atoms with E-state index in [0.29, 0.717) is 0 Å². The van der Waals surface area contributed by atoms with E-state index in [1.165, 1.54) is 6.92 Å². The third-order valence-electron chi connectivity index (χ3n) is 3.82. The van der Waals surface area contributed by atoms with Crippen LogP contribution in [0.5, 0.6) is 0 Å². The Bertz CT molecular complexity index is 878. The van der Waals surface area contributed by atoms with Crippen molar-refractivity contribution in [2.24, 2.45) is 0 Å². The fourth-order valence-electron chi connectivity index (χ4n) is 2.54. The summed E-state index contributed by atoms with van der Waals surface area (Å²) in [6.07, 6.45) is -4.37. The number of nitrogens with zero attached hydrogens (tertiary/aromatic N) is 2. The summed E-state index contributed by atoms with van der Waals surface area (Å²) in [6.45, 7) is 0.758. The van der Waals surface area contributed by atoms with Gasteiger partial charge in [0.1, 0.15) is 24.0 Å². The van der Waals surface area contributed by atoms with Gasteiger partial charge in [0.15, 0.2) is 12.0 Å². The average Bonchev–Trinajstić information content (AvgIpc) is 2.80. The molecule has 1 aliphatic heterocycles. The van der Waals surface area contributed by atoms with E-state index < -0.39 is 48.1 Å². The van der Waals surface area contributed by atoms with Crippen molar-refractivity contribution in [2.75, 3.05) is 6.61 Å². The van der Waals surface area contributed by atoms with Gasteiger partial charge in [-0.1, -0.05) is 0 Å². The molecule has 1 aliphatic rings. The minimum Gasteiger partial charge on any atom is -0.394 e. The molecule has 0 spiro atoms. The van der Waals surface area contributed by atoms with E-state index in [2.05, 4.69) is 9.97 Å². The third kappa shape index (κ3) is 2.36. The molecule has 3 heterocycles. The number of hydrogen-bond donors (Lipinski definition) is 4. The molecule has 0 amide bonds. The summed E-state index contributed by atoms with van der Waals surface area (Å²) in [6, 6.07) is 0. The molecule has 1 saturated heterocycles. The van der Waals surface area contributed by atoms with E-state index in [4.69, 9.17) is 9.84 Å². The molecule has 0 aromatic carbocycles. The number of aliphatic hydroxyl groups excluding tert-OH is 3. The van der Waals surface area contributed by atoms with Gasteiger partial charge in [0.2, 0.25) is 5.43 Å². The highest BCUT2D eigenvalue weighted by molar-refractivity contribution is 5.73. The van der Waals surface area contributed by atoms with Gasteiger partial charge in [0, 0.05) is 6.20 Å². The second kappa shape index (κ2) is 5.49. The zero-order valence-electron chi connectivity index (χ0n) is 11.9. The predicted molar refractivity (Wildman–Crippen MR) is 74.3 cm³/mol. The van der Waals surface area contributed by atoms with Crippen LogP contribution in [0.3, 0.4) is 0 Å². The van der Waals surface area contributed by atoms with Gasteiger partial charge in [-0.3, -0.25) is 9.36 Å². The first-order valence-corrected chi connectivity index (χ1v) is 6.79. The summed E-state index contributed by atoms with van der Waals surface area (Å²) in [5.74, 6) is -1.01. The van der Waals surface area contributed by atoms with Crippen LogP contribution in [0.4, 0.5) is 4.39 Å². The minimum absolute atomic E-state index is 0.0555. The first kappa shape index (κ1) is 15.7. The standard InChI is InChI=1S/C13H14FN3O6/c1-4-7(14)8(19)5-2-17(13(22)16-11(5)15-4)12-10(21)9(20)6(3-18)23-12/h2,6,9-10,12,18,20-21H,3H2,1H3,(H,15,16,22)/t6-,9?,10?,12-/m1/s1. The number of nitrogens with one attached hydrogen (secondary N) is 1. The molecule has 2 unspecified atom stereocenters. The highest BCUT2D eigenvalue weighted by atomic mass is 19.1. The molecule has 4 atom stereocenters. The smallest absolute Gasteiger partial charge is 0.351 e. The Morgan fingerprint density at radius 1 is 1.39 bits per heavy atom. The number of rotatable bonds is 2. The Morgan fingerprint density at radius 3 is 2.70 bits per heavy atom. The summed E-state index contributed by atoms with van der Waals surface area (Å²) >= 11 is 0. The van der Waals surface area contributed by atoms with Crippen LogP contribution in [0.25, 0.3) is 11.0 Å². The molecule has 2 aromatic heterocycles. The Morgan fingerprint density at radius 2 is 2.09 bits per heavy atom. The van der Waals surface area contributed by atoms with Crippen molar-refractivity contribution >= 4 is 11.0 Å². The average molecular weight is 327 g/mol. The summed E-state index contributed by atoms with van der Waals surface area (Å²) in [4.78, 5) is 30.2. The number of fused-ring (bicyclic) bond motifs is 1. The second-order valence-electron chi connectivity index (χ2n) is 5.31. The number of aromatic nitrogens is 3. The first-order chi connectivity index (χ1) is 10.8. The van der Waals surface area contributed by atoms with Gasteiger partial charge in [0.05, 0.1) is 17.7 Å². The molecule has 10 heteroatoms. The molecule has 9 nitrogen and oxygen atoms in total. The number of halogens is 1. The van der Waals surface area contributed by atoms with Crippen molar-refractivity contribution in [3.8, 4) is 0 Å². The van der Waals surface area contributed by atoms with Gasteiger partial charge in [-0.05, 0) is 6.92 Å². The van der Waals surface area contributed by atoms with Crippen molar-refractivity contribution < 1.29 is 24.4 Å². The third-order valence-corrected chi connectivity index (χ3v) is 3.82. The molecule has 124 valence electrons. The largest absolute Gasteiger partial charge is 0.394 e. The maximum absolute atomic E-state index is 13.7. The van der Waals surface area contributed by atoms with Crippen LogP contribution in [-0.2, 0) is 4.74 Å². The van der Waals surface area contributed by atoms with Gasteiger partial charge in [-0.2, -0.15) is 4.98 Å². The summed E-state index contributed by atoms with van der Waals surface area (Å²) < 4.78 is 19.7. The SMILES string of the molecule is Cc1[nH]c2nc(=O)n([C@@H]3O[C@H](CO)C(O)C3O)cc2c(=O)c1F. The quantitative estimate of drug-likeness (QED) is 0.508. The van der Waals surface area contributed by atoms with Crippen molar-refractivity contribution in [2.45, 2.75) is 31.5 Å². The number of H-pyrrole nitrogens is 1. The first-order valence-electron chi connectivity index (χ1n) is 6.79. The monoisotopic (exact) mass is 327 g/mol. The number of ether oxygens (including phenoxy) is 1. The molecule has 1 fully saturated rings. The van der Waals surface area contributed by atoms with E-state index in [1.54, 1.807) is 0 Å². The van der Waals surface area contributed by atoms with Crippen molar-refractivity contribution in [3.05, 3.63) is 38.4 Å². The molecule has 0 bridgehead atoms. The molecular formula is C13H14FN3O6. The van der Waals surface area contributed by atoms with Crippen LogP contribution >= 0.6 is 0 Å². The van der Waals surface area contributed by atoms with Crippen LogP contribution in [0.1, 0.15) is 11.9 Å². The number of aryl methyl sites for hydroxylation is 1. The van der Waals surface area contributed by atoms with Gasteiger partial charge >= 0.3 is 5.69 Å². The number of hydrogen-bond acceptors (Lipinski definition) is 7. The van der Waals surface area contributed by atoms with E-state index >= 15 is 0 Å². The van der Waals surface area contributed by atoms with Gasteiger partial charge in [-0.25, -0.2) is 9.18 Å².